The van der Waals surface area contributed by atoms with Crippen molar-refractivity contribution >= 4 is 23.7 Å². The van der Waals surface area contributed by atoms with Crippen molar-refractivity contribution in [3.8, 4) is 0 Å². The highest BCUT2D eigenvalue weighted by molar-refractivity contribution is 6.00. The van der Waals surface area contributed by atoms with Crippen LogP contribution in [0.5, 0.6) is 0 Å². The maximum absolute atomic E-state index is 14.5. The molecule has 2 aromatic rings. The molecule has 1 aromatic heterocycles. The molecule has 2 N–H and O–H groups in total. The largest absolute Gasteiger partial charge is 0.453 e. The van der Waals surface area contributed by atoms with Gasteiger partial charge in [-0.3, -0.25) is 14.4 Å². The highest BCUT2D eigenvalue weighted by atomic mass is 19.1. The second-order valence-electron chi connectivity index (χ2n) is 11.3. The number of carbonyl (C=O) groups is 4. The monoisotopic (exact) mass is 577 g/mol. The van der Waals surface area contributed by atoms with Crippen LogP contribution in [0.1, 0.15) is 76.5 Å². The van der Waals surface area contributed by atoms with Crippen LogP contribution in [-0.2, 0) is 19.7 Å². The molecule has 0 saturated carbocycles. The molecule has 11 nitrogen and oxygen atoms in total. The van der Waals surface area contributed by atoms with Crippen molar-refractivity contribution < 1.29 is 37.1 Å². The first kappa shape index (κ1) is 31.6. The van der Waals surface area contributed by atoms with Crippen LogP contribution in [0.25, 0.3) is 0 Å². The molecule has 224 valence electrons. The van der Waals surface area contributed by atoms with E-state index in [2.05, 4.69) is 25.6 Å². The van der Waals surface area contributed by atoms with Crippen LogP contribution in [0, 0.1) is 23.5 Å². The van der Waals surface area contributed by atoms with Gasteiger partial charge in [0.15, 0.2) is 0 Å². The molecule has 3 amide bonds. The molecule has 0 aliphatic carbocycles. The number of methoxy groups -OCH3 is 1. The Bertz CT molecular complexity index is 1290. The standard InChI is InChI=1S/C28H37F2N5O6/c1-14(2)20(22(36)24-33-34-26(41-24)28(5,6)17-11-10-16(29)13-18(17)30)31-23(37)19-9-8-12-35(19)25(38)21(15(3)4)32-27(39)40-7/h10-11,13-15,19-21H,8-9,12H2,1-7H3,(H,31,37)(H,32,39)/t19-,20+,21-/m0/s1. The summed E-state index contributed by atoms with van der Waals surface area (Å²) in [5.74, 6) is -4.24. The molecule has 0 spiro atoms. The smallest absolute Gasteiger partial charge is 0.407 e. The molecule has 0 bridgehead atoms. The second kappa shape index (κ2) is 12.7. The van der Waals surface area contributed by atoms with E-state index in [0.717, 1.165) is 12.1 Å². The Balaban J connectivity index is 1.79. The number of nitrogens with one attached hydrogen (secondary N) is 2. The van der Waals surface area contributed by atoms with Crippen LogP contribution >= 0.6 is 0 Å². The second-order valence-corrected chi connectivity index (χ2v) is 11.3. The summed E-state index contributed by atoms with van der Waals surface area (Å²) in [5.41, 5.74) is -1.09. The van der Waals surface area contributed by atoms with E-state index in [9.17, 15) is 28.0 Å². The summed E-state index contributed by atoms with van der Waals surface area (Å²) in [6.07, 6.45) is 0.184. The Hall–Kier alpha value is -3.90. The van der Waals surface area contributed by atoms with Crippen LogP contribution in [0.2, 0.25) is 0 Å². The summed E-state index contributed by atoms with van der Waals surface area (Å²) in [6.45, 7) is 10.5. The maximum atomic E-state index is 14.5. The number of likely N-dealkylation sites (tertiary alicyclic amines) is 1. The first-order valence-corrected chi connectivity index (χ1v) is 13.5. The SMILES string of the molecule is COC(=O)N[C@H](C(=O)N1CCC[C@H]1C(=O)N[C@@H](C(=O)c1nnc(C(C)(C)c2ccc(F)cc2F)o1)C(C)C)C(C)C. The number of nitrogens with zero attached hydrogens (tertiary/aromatic N) is 3. The molecule has 0 radical (unpaired) electrons. The molecule has 3 atom stereocenters. The van der Waals surface area contributed by atoms with E-state index < -0.39 is 58.9 Å². The van der Waals surface area contributed by atoms with E-state index in [1.807, 2.05) is 0 Å². The molecule has 41 heavy (non-hydrogen) atoms. The molecule has 0 unspecified atom stereocenters. The van der Waals surface area contributed by atoms with Crippen molar-refractivity contribution in [2.75, 3.05) is 13.7 Å². The zero-order valence-electron chi connectivity index (χ0n) is 24.3. The van der Waals surface area contributed by atoms with E-state index >= 15 is 0 Å². The lowest BCUT2D eigenvalue weighted by molar-refractivity contribution is -0.141. The van der Waals surface area contributed by atoms with E-state index in [1.54, 1.807) is 41.5 Å². The zero-order valence-corrected chi connectivity index (χ0v) is 24.3. The number of aromatic nitrogens is 2. The molecule has 1 fully saturated rings. The number of benzene rings is 1. The molecule has 3 rings (SSSR count). The quantitative estimate of drug-likeness (QED) is 0.409. The summed E-state index contributed by atoms with van der Waals surface area (Å²) in [4.78, 5) is 53.3. The summed E-state index contributed by atoms with van der Waals surface area (Å²) in [6, 6.07) is 0.315. The normalized spacial score (nSPS) is 17.0. The Labute approximate surface area is 237 Å². The number of alkyl carbamates (subject to hydrolysis) is 1. The Kier molecular flexibility index (Phi) is 9.82. The third kappa shape index (κ3) is 6.88. The summed E-state index contributed by atoms with van der Waals surface area (Å²) < 4.78 is 38.2. The van der Waals surface area contributed by atoms with Gasteiger partial charge in [-0.2, -0.15) is 0 Å². The molecule has 1 aromatic carbocycles. The van der Waals surface area contributed by atoms with Crippen LogP contribution in [-0.4, -0.2) is 70.6 Å². The van der Waals surface area contributed by atoms with Gasteiger partial charge in [0.2, 0.25) is 23.5 Å². The van der Waals surface area contributed by atoms with Gasteiger partial charge >= 0.3 is 6.09 Å². The van der Waals surface area contributed by atoms with Crippen molar-refractivity contribution in [2.45, 2.75) is 77.9 Å². The van der Waals surface area contributed by atoms with Gasteiger partial charge in [0.05, 0.1) is 18.6 Å². The molecule has 2 heterocycles. The van der Waals surface area contributed by atoms with Crippen molar-refractivity contribution in [2.24, 2.45) is 11.8 Å². The van der Waals surface area contributed by atoms with Gasteiger partial charge in [0, 0.05) is 18.2 Å². The number of ketones is 1. The van der Waals surface area contributed by atoms with E-state index in [-0.39, 0.29) is 29.2 Å². The minimum absolute atomic E-state index is 0.0643. The average Bonchev–Trinajstić information content (AvgIpc) is 3.59. The third-order valence-electron chi connectivity index (χ3n) is 7.25. The third-order valence-corrected chi connectivity index (χ3v) is 7.25. The first-order chi connectivity index (χ1) is 19.2. The summed E-state index contributed by atoms with van der Waals surface area (Å²) >= 11 is 0. The Morgan fingerprint density at radius 3 is 2.29 bits per heavy atom. The predicted molar refractivity (Wildman–Crippen MR) is 143 cm³/mol. The van der Waals surface area contributed by atoms with Crippen molar-refractivity contribution in [1.82, 2.24) is 25.7 Å². The highest BCUT2D eigenvalue weighted by Crippen LogP contribution is 2.33. The number of rotatable bonds is 10. The molecule has 1 aliphatic heterocycles. The lowest BCUT2D eigenvalue weighted by Gasteiger charge is -2.31. The lowest BCUT2D eigenvalue weighted by atomic mass is 9.84. The number of hydrogen-bond donors (Lipinski definition) is 2. The van der Waals surface area contributed by atoms with Gasteiger partial charge in [-0.15, -0.1) is 10.2 Å². The van der Waals surface area contributed by atoms with Crippen molar-refractivity contribution in [3.63, 3.8) is 0 Å². The zero-order chi connectivity index (χ0) is 30.6. The Morgan fingerprint density at radius 1 is 1.05 bits per heavy atom. The van der Waals surface area contributed by atoms with E-state index in [1.165, 1.54) is 18.1 Å². The Morgan fingerprint density at radius 2 is 1.71 bits per heavy atom. The van der Waals surface area contributed by atoms with Gasteiger partial charge in [-0.1, -0.05) is 33.8 Å². The minimum Gasteiger partial charge on any atom is -0.453 e. The fraction of sp³-hybridized carbons (Fsp3) is 0.571. The van der Waals surface area contributed by atoms with Crippen molar-refractivity contribution in [1.29, 1.82) is 0 Å². The van der Waals surface area contributed by atoms with Gasteiger partial charge in [0.25, 0.3) is 5.89 Å². The summed E-state index contributed by atoms with van der Waals surface area (Å²) in [7, 11) is 1.20. The number of amides is 3. The summed E-state index contributed by atoms with van der Waals surface area (Å²) in [5, 5.41) is 13.1. The van der Waals surface area contributed by atoms with Gasteiger partial charge < -0.3 is 24.7 Å². The molecular formula is C28H37F2N5O6. The lowest BCUT2D eigenvalue weighted by Crippen LogP contribution is -2.57. The average molecular weight is 578 g/mol. The van der Waals surface area contributed by atoms with E-state index in [0.29, 0.717) is 19.4 Å². The highest BCUT2D eigenvalue weighted by Gasteiger charge is 2.41. The number of Topliss-reactive ketones (excluding diaryl/α,β-unsaturated/α-hetero) is 1. The molecule has 13 heteroatoms. The van der Waals surface area contributed by atoms with Gasteiger partial charge in [0.1, 0.15) is 23.7 Å². The van der Waals surface area contributed by atoms with Crippen molar-refractivity contribution in [3.05, 3.63) is 47.2 Å². The van der Waals surface area contributed by atoms with Gasteiger partial charge in [-0.25, -0.2) is 13.6 Å². The molecule has 1 aliphatic rings. The predicted octanol–water partition coefficient (Wildman–Crippen LogP) is 3.37. The van der Waals surface area contributed by atoms with Crippen LogP contribution in [0.3, 0.4) is 0 Å². The van der Waals surface area contributed by atoms with Gasteiger partial charge in [-0.05, 0) is 44.6 Å². The number of hydrogen-bond acceptors (Lipinski definition) is 8. The number of halogens is 2. The first-order valence-electron chi connectivity index (χ1n) is 13.5. The van der Waals surface area contributed by atoms with Crippen LogP contribution in [0.15, 0.2) is 22.6 Å². The minimum atomic E-state index is -1.18. The fourth-order valence-electron chi connectivity index (χ4n) is 4.79. The number of carbonyl (C=O) groups excluding carboxylic acids is 4. The molecular weight excluding hydrogens is 540 g/mol. The number of ether oxygens (including phenoxy) is 1. The van der Waals surface area contributed by atoms with Crippen LogP contribution < -0.4 is 10.6 Å². The maximum Gasteiger partial charge on any atom is 0.407 e. The van der Waals surface area contributed by atoms with E-state index in [4.69, 9.17) is 4.42 Å². The molecule has 1 saturated heterocycles. The van der Waals surface area contributed by atoms with Crippen LogP contribution in [0.4, 0.5) is 13.6 Å². The fourth-order valence-corrected chi connectivity index (χ4v) is 4.79. The topological polar surface area (TPSA) is 144 Å².